The number of nitrogens with zero attached hydrogens (tertiary/aromatic N) is 1. The third-order valence-corrected chi connectivity index (χ3v) is 6.59. The van der Waals surface area contributed by atoms with Gasteiger partial charge in [0.25, 0.3) is 0 Å². The molecule has 204 valence electrons. The number of alkyl carbamates (subject to hydrolysis) is 1. The quantitative estimate of drug-likeness (QED) is 0.194. The predicted octanol–water partition coefficient (Wildman–Crippen LogP) is 6.74. The highest BCUT2D eigenvalue weighted by molar-refractivity contribution is 5.95. The second-order valence-electron chi connectivity index (χ2n) is 9.66. The van der Waals surface area contributed by atoms with Gasteiger partial charge < -0.3 is 4.74 Å². The first kappa shape index (κ1) is 28.5. The Morgan fingerprint density at radius 2 is 1.15 bits per heavy atom. The Hall–Kier alpha value is -4.48. The summed E-state index contributed by atoms with van der Waals surface area (Å²) in [4.78, 5) is 28.8. The van der Waals surface area contributed by atoms with E-state index < -0.39 is 12.1 Å². The normalized spacial score (nSPS) is 12.1. The van der Waals surface area contributed by atoms with Crippen molar-refractivity contribution in [2.45, 2.75) is 38.9 Å². The molecular formula is C35H36N2O3. The zero-order chi connectivity index (χ0) is 28.0. The maximum atomic E-state index is 14.2. The van der Waals surface area contributed by atoms with Crippen molar-refractivity contribution in [1.29, 1.82) is 0 Å². The van der Waals surface area contributed by atoms with Gasteiger partial charge in [-0.05, 0) is 35.6 Å². The number of nitrogens with one attached hydrogen (secondary N) is 1. The monoisotopic (exact) mass is 532 g/mol. The molecule has 0 saturated carbocycles. The largest absolute Gasteiger partial charge is 0.450 e. The first-order valence-electron chi connectivity index (χ1n) is 13.7. The topological polar surface area (TPSA) is 58.6 Å². The Kier molecular flexibility index (Phi) is 10.8. The summed E-state index contributed by atoms with van der Waals surface area (Å²) in [6.07, 6.45) is 1.96. The number of amides is 1. The lowest BCUT2D eigenvalue weighted by Crippen LogP contribution is -2.42. The minimum atomic E-state index is -0.567. The minimum Gasteiger partial charge on any atom is -0.450 e. The Bertz CT molecular complexity index is 1320. The van der Waals surface area contributed by atoms with Crippen molar-refractivity contribution >= 4 is 11.9 Å². The van der Waals surface area contributed by atoms with Crippen LogP contribution in [0.15, 0.2) is 133 Å². The summed E-state index contributed by atoms with van der Waals surface area (Å²) in [5.41, 5.74) is 4.82. The van der Waals surface area contributed by atoms with Crippen LogP contribution in [-0.2, 0) is 35.5 Å². The Balaban J connectivity index is 1.71. The van der Waals surface area contributed by atoms with Crippen molar-refractivity contribution in [2.24, 2.45) is 0 Å². The molecule has 4 aromatic carbocycles. The van der Waals surface area contributed by atoms with Crippen molar-refractivity contribution in [3.63, 3.8) is 0 Å². The summed E-state index contributed by atoms with van der Waals surface area (Å²) in [5, 5.41) is 2.81. The lowest BCUT2D eigenvalue weighted by Gasteiger charge is -2.31. The van der Waals surface area contributed by atoms with E-state index in [1.165, 1.54) is 0 Å². The van der Waals surface area contributed by atoms with Crippen LogP contribution in [0.2, 0.25) is 0 Å². The highest BCUT2D eigenvalue weighted by Gasteiger charge is 2.26. The lowest BCUT2D eigenvalue weighted by atomic mass is 9.97. The number of hydrogen-bond acceptors (Lipinski definition) is 4. The molecule has 0 aliphatic rings. The molecule has 0 spiro atoms. The molecule has 0 radical (unpaired) electrons. The molecule has 5 heteroatoms. The van der Waals surface area contributed by atoms with Crippen LogP contribution >= 0.6 is 0 Å². The fraction of sp³-hybridized carbons (Fsp3) is 0.200. The van der Waals surface area contributed by atoms with Gasteiger partial charge in [-0.1, -0.05) is 121 Å². The summed E-state index contributed by atoms with van der Waals surface area (Å²) in [6, 6.07) is 39.8. The molecule has 0 fully saturated rings. The van der Waals surface area contributed by atoms with Crippen LogP contribution in [0.3, 0.4) is 0 Å². The standard InChI is InChI=1S/C35H36N2O3/c1-2-40-35(39)36-32(23-28-15-7-3-8-16-28)25-34(38)33(24-29-17-9-4-10-18-29)37(26-30-19-11-5-12-20-30)27-31-21-13-6-14-22-31/h3-22,25,33H,2,23-24,26-27H2,1H3,(H,36,39)/b32-25-/t33-/m0/s1. The molecule has 5 nitrogen and oxygen atoms in total. The molecule has 1 atom stereocenters. The third kappa shape index (κ3) is 9.07. The van der Waals surface area contributed by atoms with E-state index in [2.05, 4.69) is 46.6 Å². The van der Waals surface area contributed by atoms with Crippen LogP contribution in [0.25, 0.3) is 0 Å². The molecule has 4 aromatic rings. The summed E-state index contributed by atoms with van der Waals surface area (Å²) in [6.45, 7) is 3.21. The summed E-state index contributed by atoms with van der Waals surface area (Å²) in [7, 11) is 0. The fourth-order valence-corrected chi connectivity index (χ4v) is 4.67. The van der Waals surface area contributed by atoms with Crippen molar-refractivity contribution in [1.82, 2.24) is 10.2 Å². The molecule has 0 heterocycles. The Morgan fingerprint density at radius 1 is 0.700 bits per heavy atom. The van der Waals surface area contributed by atoms with Gasteiger partial charge in [0.1, 0.15) is 0 Å². The van der Waals surface area contributed by atoms with Gasteiger partial charge in [0.05, 0.1) is 12.6 Å². The van der Waals surface area contributed by atoms with Gasteiger partial charge in [-0.15, -0.1) is 0 Å². The van der Waals surface area contributed by atoms with E-state index in [1.807, 2.05) is 84.9 Å². The number of benzene rings is 4. The average Bonchev–Trinajstić information content (AvgIpc) is 2.98. The molecule has 0 aliphatic heterocycles. The van der Waals surface area contributed by atoms with Gasteiger partial charge in [0.2, 0.25) is 0 Å². The zero-order valence-electron chi connectivity index (χ0n) is 22.9. The highest BCUT2D eigenvalue weighted by Crippen LogP contribution is 2.19. The second-order valence-corrected chi connectivity index (χ2v) is 9.66. The average molecular weight is 533 g/mol. The van der Waals surface area contributed by atoms with E-state index >= 15 is 0 Å². The summed E-state index contributed by atoms with van der Waals surface area (Å²) in [5.74, 6) is -0.0709. The van der Waals surface area contributed by atoms with Gasteiger partial charge in [-0.3, -0.25) is 15.0 Å². The Morgan fingerprint density at radius 3 is 1.62 bits per heavy atom. The van der Waals surface area contributed by atoms with Crippen molar-refractivity contribution in [3.8, 4) is 0 Å². The van der Waals surface area contributed by atoms with Gasteiger partial charge in [0, 0.05) is 31.3 Å². The third-order valence-electron chi connectivity index (χ3n) is 6.59. The SMILES string of the molecule is CCOC(=O)N/C(=C\C(=O)[C@H](Cc1ccccc1)N(Cc1ccccc1)Cc1ccccc1)Cc1ccccc1. The van der Waals surface area contributed by atoms with E-state index in [-0.39, 0.29) is 12.4 Å². The molecule has 1 N–H and O–H groups in total. The first-order chi connectivity index (χ1) is 19.6. The van der Waals surface area contributed by atoms with Crippen LogP contribution in [0.4, 0.5) is 4.79 Å². The van der Waals surface area contributed by atoms with Crippen molar-refractivity contribution < 1.29 is 14.3 Å². The fourth-order valence-electron chi connectivity index (χ4n) is 4.67. The number of hydrogen-bond donors (Lipinski definition) is 1. The number of rotatable bonds is 13. The molecule has 1 amide bonds. The number of ether oxygens (including phenoxy) is 1. The molecule has 40 heavy (non-hydrogen) atoms. The second kappa shape index (κ2) is 15.2. The molecule has 0 unspecified atom stereocenters. The highest BCUT2D eigenvalue weighted by atomic mass is 16.5. The number of allylic oxidation sites excluding steroid dienone is 1. The van der Waals surface area contributed by atoms with Crippen LogP contribution < -0.4 is 5.32 Å². The van der Waals surface area contributed by atoms with Gasteiger partial charge in [0.15, 0.2) is 5.78 Å². The van der Waals surface area contributed by atoms with Crippen LogP contribution in [-0.4, -0.2) is 29.4 Å². The zero-order valence-corrected chi connectivity index (χ0v) is 22.9. The maximum Gasteiger partial charge on any atom is 0.411 e. The minimum absolute atomic E-state index is 0.0709. The van der Waals surface area contributed by atoms with E-state index in [9.17, 15) is 9.59 Å². The number of carbonyl (C=O) groups is 2. The molecule has 0 aliphatic carbocycles. The van der Waals surface area contributed by atoms with E-state index in [0.29, 0.717) is 31.6 Å². The molecule has 0 bridgehead atoms. The van der Waals surface area contributed by atoms with Crippen molar-refractivity contribution in [3.05, 3.63) is 155 Å². The predicted molar refractivity (Wildman–Crippen MR) is 159 cm³/mol. The van der Waals surface area contributed by atoms with Gasteiger partial charge in [-0.25, -0.2) is 4.79 Å². The molecular weight excluding hydrogens is 496 g/mol. The number of ketones is 1. The van der Waals surface area contributed by atoms with Crippen molar-refractivity contribution in [2.75, 3.05) is 6.61 Å². The van der Waals surface area contributed by atoms with Crippen LogP contribution in [0.1, 0.15) is 29.2 Å². The van der Waals surface area contributed by atoms with Gasteiger partial charge in [-0.2, -0.15) is 0 Å². The molecule has 4 rings (SSSR count). The first-order valence-corrected chi connectivity index (χ1v) is 13.7. The van der Waals surface area contributed by atoms with Crippen LogP contribution in [0.5, 0.6) is 0 Å². The maximum absolute atomic E-state index is 14.2. The molecule has 0 saturated heterocycles. The smallest absolute Gasteiger partial charge is 0.411 e. The Labute approximate surface area is 237 Å². The van der Waals surface area contributed by atoms with E-state index in [0.717, 1.165) is 22.3 Å². The van der Waals surface area contributed by atoms with Crippen LogP contribution in [0, 0.1) is 0 Å². The summed E-state index contributed by atoms with van der Waals surface area (Å²) >= 11 is 0. The lowest BCUT2D eigenvalue weighted by molar-refractivity contribution is -0.120. The molecule has 0 aromatic heterocycles. The van der Waals surface area contributed by atoms with Gasteiger partial charge >= 0.3 is 6.09 Å². The summed E-state index contributed by atoms with van der Waals surface area (Å²) < 4.78 is 5.14. The number of carbonyl (C=O) groups excluding carboxylic acids is 2. The van der Waals surface area contributed by atoms with E-state index in [1.54, 1.807) is 13.0 Å². The van der Waals surface area contributed by atoms with E-state index in [4.69, 9.17) is 4.74 Å².